The first-order valence-electron chi connectivity index (χ1n) is 14.5. The zero-order valence-corrected chi connectivity index (χ0v) is 24.4. The molecule has 3 atom stereocenters. The van der Waals surface area contributed by atoms with Crippen LogP contribution in [0.5, 0.6) is 11.5 Å². The maximum atomic E-state index is 11.7. The number of nitrogens with zero attached hydrogens (tertiary/aromatic N) is 4. The molecule has 3 aliphatic heterocycles. The van der Waals surface area contributed by atoms with Gasteiger partial charge in [-0.1, -0.05) is 23.7 Å². The smallest absolute Gasteiger partial charge is 0.335 e. The molecule has 218 valence electrons. The van der Waals surface area contributed by atoms with Crippen LogP contribution in [-0.2, 0) is 17.1 Å². The van der Waals surface area contributed by atoms with E-state index in [9.17, 15) is 9.90 Å². The van der Waals surface area contributed by atoms with Gasteiger partial charge in [-0.15, -0.1) is 0 Å². The number of aromatic nitrogens is 3. The largest absolute Gasteiger partial charge is 0.478 e. The minimum atomic E-state index is -1.01. The highest BCUT2D eigenvalue weighted by molar-refractivity contribution is 6.30. The van der Waals surface area contributed by atoms with Crippen molar-refractivity contribution in [1.82, 2.24) is 19.4 Å². The lowest BCUT2D eigenvalue weighted by molar-refractivity contribution is -0.0722. The zero-order chi connectivity index (χ0) is 29.0. The second-order valence-corrected chi connectivity index (χ2v) is 12.0. The molecule has 0 radical (unpaired) electrons. The van der Waals surface area contributed by atoms with Gasteiger partial charge in [0.2, 0.25) is 0 Å². The summed E-state index contributed by atoms with van der Waals surface area (Å²) >= 11 is 6.05. The summed E-state index contributed by atoms with van der Waals surface area (Å²) in [5, 5.41) is 10.1. The van der Waals surface area contributed by atoms with Crippen LogP contribution < -0.4 is 9.47 Å². The lowest BCUT2D eigenvalue weighted by Crippen LogP contribution is -2.37. The number of rotatable bonds is 7. The van der Waals surface area contributed by atoms with Crippen molar-refractivity contribution < 1.29 is 24.1 Å². The lowest BCUT2D eigenvalue weighted by Gasteiger charge is -2.37. The molecule has 0 unspecified atom stereocenters. The number of para-hydroxylation sites is 1. The van der Waals surface area contributed by atoms with E-state index in [2.05, 4.69) is 27.4 Å². The number of carboxylic acid groups (broad SMARTS) is 1. The van der Waals surface area contributed by atoms with Crippen LogP contribution in [0.25, 0.3) is 11.0 Å². The molecule has 1 N–H and O–H groups in total. The normalized spacial score (nSPS) is 23.2. The highest BCUT2D eigenvalue weighted by Gasteiger charge is 2.42. The number of carboxylic acids is 1. The number of halogens is 1. The van der Waals surface area contributed by atoms with Crippen molar-refractivity contribution in [3.05, 3.63) is 82.4 Å². The highest BCUT2D eigenvalue weighted by Crippen LogP contribution is 2.49. The van der Waals surface area contributed by atoms with E-state index in [-0.39, 0.29) is 17.7 Å². The van der Waals surface area contributed by atoms with Crippen molar-refractivity contribution in [2.24, 2.45) is 0 Å². The Morgan fingerprint density at radius 3 is 2.64 bits per heavy atom. The quantitative estimate of drug-likeness (QED) is 0.274. The molecule has 2 aromatic heterocycles. The Morgan fingerprint density at radius 1 is 1.14 bits per heavy atom. The van der Waals surface area contributed by atoms with Crippen molar-refractivity contribution in [2.45, 2.75) is 63.5 Å². The van der Waals surface area contributed by atoms with Gasteiger partial charge in [0.15, 0.2) is 11.5 Å². The molecule has 10 heteroatoms. The molecule has 42 heavy (non-hydrogen) atoms. The molecule has 7 rings (SSSR count). The molecular formula is C32H33ClN4O5. The predicted octanol–water partition coefficient (Wildman–Crippen LogP) is 6.16. The minimum Gasteiger partial charge on any atom is -0.478 e. The molecule has 5 heterocycles. The fourth-order valence-electron chi connectivity index (χ4n) is 6.40. The van der Waals surface area contributed by atoms with Crippen molar-refractivity contribution >= 4 is 28.6 Å². The number of benzene rings is 2. The first-order valence-corrected chi connectivity index (χ1v) is 14.9. The van der Waals surface area contributed by atoms with E-state index < -0.39 is 11.8 Å². The van der Waals surface area contributed by atoms with Gasteiger partial charge in [0.1, 0.15) is 11.5 Å². The Bertz CT molecular complexity index is 1640. The van der Waals surface area contributed by atoms with Gasteiger partial charge < -0.3 is 23.9 Å². The second-order valence-electron chi connectivity index (χ2n) is 11.5. The van der Waals surface area contributed by atoms with Gasteiger partial charge in [-0.3, -0.25) is 9.88 Å². The minimum absolute atomic E-state index is 0.0621. The van der Waals surface area contributed by atoms with Crippen molar-refractivity contribution in [3.63, 3.8) is 0 Å². The first-order chi connectivity index (χ1) is 20.3. The summed E-state index contributed by atoms with van der Waals surface area (Å²) in [4.78, 5) is 23.6. The maximum Gasteiger partial charge on any atom is 0.335 e. The van der Waals surface area contributed by atoms with Crippen molar-refractivity contribution in [2.75, 3.05) is 19.7 Å². The second kappa shape index (κ2) is 10.6. The summed E-state index contributed by atoms with van der Waals surface area (Å²) in [6, 6.07) is 15.0. The monoisotopic (exact) mass is 588 g/mol. The van der Waals surface area contributed by atoms with E-state index in [4.69, 9.17) is 30.8 Å². The van der Waals surface area contributed by atoms with Gasteiger partial charge >= 0.3 is 5.97 Å². The summed E-state index contributed by atoms with van der Waals surface area (Å²) in [6.45, 7) is 7.32. The van der Waals surface area contributed by atoms with E-state index in [1.54, 1.807) is 24.4 Å². The molecule has 0 spiro atoms. The van der Waals surface area contributed by atoms with E-state index in [0.29, 0.717) is 23.2 Å². The van der Waals surface area contributed by atoms with E-state index in [0.717, 1.165) is 72.9 Å². The molecule has 0 saturated carbocycles. The number of pyridine rings is 1. The van der Waals surface area contributed by atoms with Gasteiger partial charge in [0, 0.05) is 25.3 Å². The number of aromatic carboxylic acids is 1. The van der Waals surface area contributed by atoms with Crippen LogP contribution in [0, 0.1) is 0 Å². The Balaban J connectivity index is 1.10. The first kappa shape index (κ1) is 27.2. The fourth-order valence-corrected chi connectivity index (χ4v) is 6.51. The van der Waals surface area contributed by atoms with Gasteiger partial charge in [0.05, 0.1) is 40.3 Å². The van der Waals surface area contributed by atoms with Crippen LogP contribution in [0.2, 0.25) is 5.02 Å². The van der Waals surface area contributed by atoms with Gasteiger partial charge in [-0.25, -0.2) is 9.78 Å². The van der Waals surface area contributed by atoms with Gasteiger partial charge in [-0.05, 0) is 81.6 Å². The van der Waals surface area contributed by atoms with Crippen LogP contribution in [0.3, 0.4) is 0 Å². The van der Waals surface area contributed by atoms with Crippen molar-refractivity contribution in [1.29, 1.82) is 0 Å². The maximum absolute atomic E-state index is 11.7. The number of hydrogen-bond acceptors (Lipinski definition) is 7. The average molecular weight is 589 g/mol. The molecule has 2 aromatic carbocycles. The van der Waals surface area contributed by atoms with Gasteiger partial charge in [0.25, 0.3) is 5.79 Å². The molecule has 0 bridgehead atoms. The Kier molecular flexibility index (Phi) is 6.84. The SMILES string of the molecule is C[C@@H](c1nc2ccc(C(=O)O)cc2n1C[C@@H]1CCO1)N1CCC(c2cccc3c2O[C@](C)(c2ccc(Cl)cn2)O3)CC1. The topological polar surface area (TPSA) is 98.9 Å². The molecule has 2 fully saturated rings. The molecule has 4 aromatic rings. The molecule has 0 amide bonds. The third kappa shape index (κ3) is 4.79. The Morgan fingerprint density at radius 2 is 1.95 bits per heavy atom. The van der Waals surface area contributed by atoms with Crippen LogP contribution in [0.1, 0.15) is 72.5 Å². The molecule has 0 aliphatic carbocycles. The predicted molar refractivity (Wildman–Crippen MR) is 157 cm³/mol. The standard InChI is InChI=1S/C32H33ClN4O5/c1-19(30-35-25-8-6-21(31(38)39)16-26(25)37(30)18-23-12-15-40-23)36-13-10-20(11-14-36)24-4-3-5-27-29(24)42-32(2,41-27)28-9-7-22(33)17-34-28/h3-9,16-17,19-20,23H,10-15,18H2,1-2H3,(H,38,39)/t19-,23-,32+/m0/s1. The lowest BCUT2D eigenvalue weighted by atomic mass is 9.88. The van der Waals surface area contributed by atoms with Crippen LogP contribution in [-0.4, -0.2) is 56.3 Å². The summed E-state index contributed by atoms with van der Waals surface area (Å²) in [6.07, 6.45) is 4.67. The third-order valence-electron chi connectivity index (χ3n) is 8.90. The van der Waals surface area contributed by atoms with E-state index in [1.165, 1.54) is 0 Å². The fraction of sp³-hybridized carbons (Fsp3) is 0.406. The zero-order valence-electron chi connectivity index (χ0n) is 23.6. The molecule has 3 aliphatic rings. The Hall–Kier alpha value is -3.66. The van der Waals surface area contributed by atoms with Gasteiger partial charge in [-0.2, -0.15) is 0 Å². The number of hydrogen-bond donors (Lipinski definition) is 1. The average Bonchev–Trinajstić information content (AvgIpc) is 3.52. The van der Waals surface area contributed by atoms with Crippen LogP contribution in [0.15, 0.2) is 54.7 Å². The van der Waals surface area contributed by atoms with E-state index >= 15 is 0 Å². The number of imidazole rings is 1. The van der Waals surface area contributed by atoms with Crippen LogP contribution in [0.4, 0.5) is 0 Å². The molecular weight excluding hydrogens is 556 g/mol. The molecule has 2 saturated heterocycles. The summed E-state index contributed by atoms with van der Waals surface area (Å²) in [5.41, 5.74) is 3.75. The summed E-state index contributed by atoms with van der Waals surface area (Å²) in [7, 11) is 0. The van der Waals surface area contributed by atoms with E-state index in [1.807, 2.05) is 31.2 Å². The summed E-state index contributed by atoms with van der Waals surface area (Å²) in [5.74, 6) is 0.850. The number of fused-ring (bicyclic) bond motifs is 2. The van der Waals surface area contributed by atoms with Crippen molar-refractivity contribution in [3.8, 4) is 11.5 Å². The highest BCUT2D eigenvalue weighted by atomic mass is 35.5. The Labute approximate surface area is 249 Å². The number of piperidine rings is 1. The molecule has 9 nitrogen and oxygen atoms in total. The van der Waals surface area contributed by atoms with Crippen LogP contribution >= 0.6 is 11.6 Å². The summed E-state index contributed by atoms with van der Waals surface area (Å²) < 4.78 is 20.7. The number of ether oxygens (including phenoxy) is 3. The number of likely N-dealkylation sites (tertiary alicyclic amines) is 1. The number of carbonyl (C=O) groups is 1. The third-order valence-corrected chi connectivity index (χ3v) is 9.12.